The second kappa shape index (κ2) is 12.6. The molecule has 2 fully saturated rings. The average molecular weight is 514 g/mol. The highest BCUT2D eigenvalue weighted by Crippen LogP contribution is 2.38. The first-order chi connectivity index (χ1) is 17.9. The standard InChI is InChI=1S/C28H36FN3O5/c29-23-5-3-4-22(18-23)26(35)32-14-2-1-9-28(27(36)37-20-25(34)24(33)8-15-32)10-16-31(17-11-28)19-21-6-12-30-13-7-21/h3-7,12-13,18,24-25,33-34H,1-2,8-11,14-17,19-20H2/t24-,25+/m0/s1. The molecule has 9 heteroatoms. The lowest BCUT2D eigenvalue weighted by Crippen LogP contribution is -2.45. The van der Waals surface area contributed by atoms with Crippen molar-refractivity contribution in [3.05, 3.63) is 65.7 Å². The molecule has 2 N–H and O–H groups in total. The van der Waals surface area contributed by atoms with Crippen LogP contribution in [-0.2, 0) is 16.1 Å². The minimum Gasteiger partial charge on any atom is -0.462 e. The number of carbonyl (C=O) groups is 2. The maximum Gasteiger partial charge on any atom is 0.312 e. The average Bonchev–Trinajstić information content (AvgIpc) is 2.92. The van der Waals surface area contributed by atoms with Crippen LogP contribution in [0.4, 0.5) is 4.39 Å². The Hall–Kier alpha value is -2.88. The first kappa shape index (κ1) is 27.2. The second-order valence-electron chi connectivity index (χ2n) is 10.2. The Labute approximate surface area is 217 Å². The number of halogens is 1. The van der Waals surface area contributed by atoms with E-state index in [1.54, 1.807) is 23.4 Å². The molecule has 200 valence electrons. The molecule has 37 heavy (non-hydrogen) atoms. The van der Waals surface area contributed by atoms with Crippen molar-refractivity contribution in [1.82, 2.24) is 14.8 Å². The third-order valence-electron chi connectivity index (χ3n) is 7.62. The summed E-state index contributed by atoms with van der Waals surface area (Å²) in [6, 6.07) is 9.53. The van der Waals surface area contributed by atoms with Crippen LogP contribution < -0.4 is 0 Å². The maximum absolute atomic E-state index is 13.7. The van der Waals surface area contributed by atoms with Gasteiger partial charge in [-0.05, 0) is 81.1 Å². The number of esters is 1. The normalized spacial score (nSPS) is 24.0. The van der Waals surface area contributed by atoms with Gasteiger partial charge in [0.25, 0.3) is 5.91 Å². The number of hydrogen-bond acceptors (Lipinski definition) is 7. The van der Waals surface area contributed by atoms with Crippen LogP contribution in [0.5, 0.6) is 0 Å². The van der Waals surface area contributed by atoms with Gasteiger partial charge in [0.15, 0.2) is 0 Å². The van der Waals surface area contributed by atoms with Gasteiger partial charge in [0.1, 0.15) is 18.5 Å². The number of amides is 1. The summed E-state index contributed by atoms with van der Waals surface area (Å²) in [5.74, 6) is -1.13. The van der Waals surface area contributed by atoms with Crippen molar-refractivity contribution in [2.45, 2.75) is 57.3 Å². The summed E-state index contributed by atoms with van der Waals surface area (Å²) < 4.78 is 19.3. The maximum atomic E-state index is 13.7. The molecule has 8 nitrogen and oxygen atoms in total. The number of ether oxygens (including phenoxy) is 1. The number of pyridine rings is 1. The number of piperidine rings is 1. The Morgan fingerprint density at radius 1 is 1.03 bits per heavy atom. The van der Waals surface area contributed by atoms with E-state index in [2.05, 4.69) is 9.88 Å². The Morgan fingerprint density at radius 2 is 1.78 bits per heavy atom. The van der Waals surface area contributed by atoms with Gasteiger partial charge in [-0.1, -0.05) is 12.5 Å². The van der Waals surface area contributed by atoms with Crippen LogP contribution in [0.2, 0.25) is 0 Å². The van der Waals surface area contributed by atoms with Crippen molar-refractivity contribution in [2.75, 3.05) is 32.8 Å². The number of rotatable bonds is 3. The first-order valence-corrected chi connectivity index (χ1v) is 13.1. The molecule has 2 atom stereocenters. The van der Waals surface area contributed by atoms with E-state index in [1.165, 1.54) is 23.8 Å². The monoisotopic (exact) mass is 513 g/mol. The molecule has 2 aromatic rings. The number of hydrogen-bond donors (Lipinski definition) is 2. The molecule has 1 amide bonds. The zero-order valence-electron chi connectivity index (χ0n) is 21.1. The quantitative estimate of drug-likeness (QED) is 0.609. The molecule has 0 unspecified atom stereocenters. The van der Waals surface area contributed by atoms with Gasteiger partial charge in [-0.2, -0.15) is 0 Å². The van der Waals surface area contributed by atoms with Crippen LogP contribution in [0.3, 0.4) is 0 Å². The molecule has 0 radical (unpaired) electrons. The fraction of sp³-hybridized carbons (Fsp3) is 0.536. The van der Waals surface area contributed by atoms with Crippen molar-refractivity contribution in [1.29, 1.82) is 0 Å². The van der Waals surface area contributed by atoms with Crippen LogP contribution in [0.1, 0.15) is 54.4 Å². The van der Waals surface area contributed by atoms with Gasteiger partial charge in [0, 0.05) is 37.6 Å². The lowest BCUT2D eigenvalue weighted by molar-refractivity contribution is -0.165. The van der Waals surface area contributed by atoms with Gasteiger partial charge in [-0.25, -0.2) is 4.39 Å². The third kappa shape index (κ3) is 7.12. The van der Waals surface area contributed by atoms with Gasteiger partial charge in [0.05, 0.1) is 11.5 Å². The third-order valence-corrected chi connectivity index (χ3v) is 7.62. The molecule has 2 aliphatic heterocycles. The molecule has 1 spiro atoms. The molecule has 2 saturated heterocycles. The molecule has 1 aromatic heterocycles. The minimum absolute atomic E-state index is 0.120. The van der Waals surface area contributed by atoms with Crippen LogP contribution >= 0.6 is 0 Å². The topological polar surface area (TPSA) is 103 Å². The predicted octanol–water partition coefficient (Wildman–Crippen LogP) is 2.78. The van der Waals surface area contributed by atoms with Gasteiger partial charge in [0.2, 0.25) is 0 Å². The summed E-state index contributed by atoms with van der Waals surface area (Å²) in [5, 5.41) is 20.9. The van der Waals surface area contributed by atoms with Crippen LogP contribution in [0.15, 0.2) is 48.8 Å². The van der Waals surface area contributed by atoms with Crippen molar-refractivity contribution >= 4 is 11.9 Å². The van der Waals surface area contributed by atoms with Crippen molar-refractivity contribution < 1.29 is 28.9 Å². The van der Waals surface area contributed by atoms with Gasteiger partial charge in [-0.15, -0.1) is 0 Å². The Balaban J connectivity index is 1.43. The summed E-state index contributed by atoms with van der Waals surface area (Å²) in [6.07, 6.45) is 4.54. The summed E-state index contributed by atoms with van der Waals surface area (Å²) >= 11 is 0. The van der Waals surface area contributed by atoms with Crippen molar-refractivity contribution in [3.63, 3.8) is 0 Å². The number of carbonyl (C=O) groups excluding carboxylic acids is 2. The molecule has 1 aromatic carbocycles. The summed E-state index contributed by atoms with van der Waals surface area (Å²) in [7, 11) is 0. The highest BCUT2D eigenvalue weighted by Gasteiger charge is 2.42. The highest BCUT2D eigenvalue weighted by molar-refractivity contribution is 5.94. The number of benzene rings is 1. The van der Waals surface area contributed by atoms with Gasteiger partial charge < -0.3 is 19.8 Å². The summed E-state index contributed by atoms with van der Waals surface area (Å²) in [4.78, 5) is 34.3. The number of nitrogens with zero attached hydrogens (tertiary/aromatic N) is 3. The van der Waals surface area contributed by atoms with E-state index in [1.807, 2.05) is 12.1 Å². The first-order valence-electron chi connectivity index (χ1n) is 13.1. The lowest BCUT2D eigenvalue weighted by atomic mass is 9.74. The Kier molecular flexibility index (Phi) is 9.23. The van der Waals surface area contributed by atoms with E-state index in [0.29, 0.717) is 32.2 Å². The Morgan fingerprint density at radius 3 is 2.51 bits per heavy atom. The van der Waals surface area contributed by atoms with Crippen molar-refractivity contribution in [2.24, 2.45) is 5.41 Å². The summed E-state index contributed by atoms with van der Waals surface area (Å²) in [5.41, 5.74) is 0.754. The van der Waals surface area contributed by atoms with Crippen LogP contribution in [-0.4, -0.2) is 81.9 Å². The van der Waals surface area contributed by atoms with Crippen LogP contribution in [0, 0.1) is 11.2 Å². The number of cyclic esters (lactones) is 1. The van der Waals surface area contributed by atoms with Gasteiger partial charge >= 0.3 is 5.97 Å². The van der Waals surface area contributed by atoms with Gasteiger partial charge in [-0.3, -0.25) is 19.5 Å². The highest BCUT2D eigenvalue weighted by atomic mass is 19.1. The van der Waals surface area contributed by atoms with Crippen molar-refractivity contribution in [3.8, 4) is 0 Å². The lowest BCUT2D eigenvalue weighted by Gasteiger charge is -2.40. The predicted molar refractivity (Wildman–Crippen MR) is 135 cm³/mol. The number of likely N-dealkylation sites (tertiary alicyclic amines) is 1. The van der Waals surface area contributed by atoms with Crippen LogP contribution in [0.25, 0.3) is 0 Å². The molecule has 0 bridgehead atoms. The number of aromatic nitrogens is 1. The summed E-state index contributed by atoms with van der Waals surface area (Å²) in [6.45, 7) is 2.60. The molecule has 3 heterocycles. The van der Waals surface area contributed by atoms with E-state index in [0.717, 1.165) is 26.1 Å². The Bertz CT molecular complexity index is 1050. The number of aliphatic hydroxyl groups is 2. The van der Waals surface area contributed by atoms with E-state index in [-0.39, 0.29) is 37.0 Å². The minimum atomic E-state index is -1.25. The van der Waals surface area contributed by atoms with E-state index < -0.39 is 23.4 Å². The number of aliphatic hydroxyl groups excluding tert-OH is 2. The zero-order valence-corrected chi connectivity index (χ0v) is 21.1. The SMILES string of the molecule is O=C(c1cccc(F)c1)N1CCCCC2(CCN(Cc3ccncc3)CC2)C(=O)OC[C@@H](O)[C@@H](O)CC1. The molecule has 0 saturated carbocycles. The largest absolute Gasteiger partial charge is 0.462 e. The molecule has 0 aliphatic carbocycles. The molecular weight excluding hydrogens is 477 g/mol. The van der Waals surface area contributed by atoms with E-state index >= 15 is 0 Å². The fourth-order valence-electron chi connectivity index (χ4n) is 5.23. The molecule has 2 aliphatic rings. The smallest absolute Gasteiger partial charge is 0.312 e. The second-order valence-corrected chi connectivity index (χ2v) is 10.2. The molecular formula is C28H36FN3O5. The molecule has 4 rings (SSSR count). The van der Waals surface area contributed by atoms with E-state index in [4.69, 9.17) is 4.74 Å². The zero-order chi connectivity index (χ0) is 26.3. The van der Waals surface area contributed by atoms with E-state index in [9.17, 15) is 24.2 Å². The fourth-order valence-corrected chi connectivity index (χ4v) is 5.23.